The standard InChI is InChI=1S/C34H50O5/c1-3-4-5-6-25-7-9-26(10-8-25)27-11-13-30(14-12-27)34(37)39-32-21-17-29(18-22-32)28-15-19-31(20-16-28)38-33(36)24(2)23-35/h17-18,21-22,25-28,30-31,35H,2-16,19-20,23H2,1H3. The SMILES string of the molecule is C=C(CO)C(=O)OC1CCC(c2ccc(OC(=O)C3CCC(C4CCC(CCCCC)CC4)CC3)cc2)CC1. The maximum absolute atomic E-state index is 12.9. The second kappa shape index (κ2) is 15.0. The van der Waals surface area contributed by atoms with Gasteiger partial charge in [-0.2, -0.15) is 0 Å². The van der Waals surface area contributed by atoms with Gasteiger partial charge in [0.1, 0.15) is 11.9 Å². The summed E-state index contributed by atoms with van der Waals surface area (Å²) in [7, 11) is 0. The monoisotopic (exact) mass is 538 g/mol. The summed E-state index contributed by atoms with van der Waals surface area (Å²) in [6.07, 6.45) is 18.8. The van der Waals surface area contributed by atoms with E-state index in [2.05, 4.69) is 25.6 Å². The summed E-state index contributed by atoms with van der Waals surface area (Å²) in [5.41, 5.74) is 1.34. The van der Waals surface area contributed by atoms with Crippen molar-refractivity contribution in [2.75, 3.05) is 6.61 Å². The Bertz CT molecular complexity index is 913. The number of aliphatic hydroxyl groups is 1. The first-order valence-electron chi connectivity index (χ1n) is 15.8. The zero-order valence-corrected chi connectivity index (χ0v) is 24.1. The van der Waals surface area contributed by atoms with E-state index in [1.807, 2.05) is 12.1 Å². The third kappa shape index (κ3) is 8.67. The molecule has 4 rings (SSSR count). The van der Waals surface area contributed by atoms with E-state index in [0.717, 1.165) is 56.3 Å². The summed E-state index contributed by atoms with van der Waals surface area (Å²) in [5.74, 6) is 3.16. The lowest BCUT2D eigenvalue weighted by atomic mass is 9.68. The molecule has 1 N–H and O–H groups in total. The van der Waals surface area contributed by atoms with Crippen LogP contribution in [0.3, 0.4) is 0 Å². The number of aliphatic hydroxyl groups excluding tert-OH is 1. The molecule has 3 aliphatic rings. The number of hydrogen-bond acceptors (Lipinski definition) is 5. The molecule has 0 aliphatic heterocycles. The molecule has 0 unspecified atom stereocenters. The number of carbonyl (C=O) groups is 2. The lowest BCUT2D eigenvalue weighted by molar-refractivity contribution is -0.146. The topological polar surface area (TPSA) is 72.8 Å². The van der Waals surface area contributed by atoms with Crippen LogP contribution >= 0.6 is 0 Å². The van der Waals surface area contributed by atoms with E-state index in [1.54, 1.807) is 0 Å². The van der Waals surface area contributed by atoms with E-state index >= 15 is 0 Å². The van der Waals surface area contributed by atoms with Crippen LogP contribution in [0.1, 0.15) is 121 Å². The first-order valence-corrected chi connectivity index (χ1v) is 15.8. The minimum Gasteiger partial charge on any atom is -0.459 e. The van der Waals surface area contributed by atoms with Crippen molar-refractivity contribution in [3.63, 3.8) is 0 Å². The Kier molecular flexibility index (Phi) is 11.5. The van der Waals surface area contributed by atoms with E-state index < -0.39 is 5.97 Å². The van der Waals surface area contributed by atoms with Gasteiger partial charge < -0.3 is 14.6 Å². The van der Waals surface area contributed by atoms with Crippen LogP contribution in [0.2, 0.25) is 0 Å². The molecule has 0 radical (unpaired) electrons. The van der Waals surface area contributed by atoms with Crippen molar-refractivity contribution in [1.29, 1.82) is 0 Å². The first-order chi connectivity index (χ1) is 19.0. The second-order valence-corrected chi connectivity index (χ2v) is 12.5. The Morgan fingerprint density at radius 1 is 0.846 bits per heavy atom. The highest BCUT2D eigenvalue weighted by molar-refractivity contribution is 5.88. The minimum absolute atomic E-state index is 0.0335. The maximum Gasteiger partial charge on any atom is 0.336 e. The maximum atomic E-state index is 12.9. The summed E-state index contributed by atoms with van der Waals surface area (Å²) in [6.45, 7) is 5.45. The number of benzene rings is 1. The average Bonchev–Trinajstić information content (AvgIpc) is 2.98. The molecular weight excluding hydrogens is 488 g/mol. The van der Waals surface area contributed by atoms with Crippen LogP contribution in [-0.2, 0) is 14.3 Å². The van der Waals surface area contributed by atoms with Gasteiger partial charge in [0.2, 0.25) is 0 Å². The van der Waals surface area contributed by atoms with Gasteiger partial charge in [0.05, 0.1) is 18.1 Å². The molecule has 5 nitrogen and oxygen atoms in total. The van der Waals surface area contributed by atoms with E-state index in [4.69, 9.17) is 14.6 Å². The van der Waals surface area contributed by atoms with Crippen molar-refractivity contribution in [2.24, 2.45) is 23.7 Å². The predicted molar refractivity (Wildman–Crippen MR) is 154 cm³/mol. The van der Waals surface area contributed by atoms with Crippen LogP contribution in [0.15, 0.2) is 36.4 Å². The molecular formula is C34H50O5. The largest absolute Gasteiger partial charge is 0.459 e. The fourth-order valence-electron chi connectivity index (χ4n) is 7.28. The van der Waals surface area contributed by atoms with Crippen LogP contribution < -0.4 is 4.74 Å². The van der Waals surface area contributed by atoms with E-state index in [-0.39, 0.29) is 30.2 Å². The Hall–Kier alpha value is -2.14. The molecule has 5 heteroatoms. The average molecular weight is 539 g/mol. The van der Waals surface area contributed by atoms with Crippen molar-refractivity contribution in [3.8, 4) is 5.75 Å². The van der Waals surface area contributed by atoms with Gasteiger partial charge in [-0.15, -0.1) is 0 Å². The predicted octanol–water partition coefficient (Wildman–Crippen LogP) is 7.90. The van der Waals surface area contributed by atoms with Gasteiger partial charge in [0, 0.05) is 0 Å². The molecule has 3 fully saturated rings. The Labute approximate surface area is 235 Å². The lowest BCUT2D eigenvalue weighted by Crippen LogP contribution is -2.30. The molecule has 0 saturated heterocycles. The van der Waals surface area contributed by atoms with Gasteiger partial charge in [0.25, 0.3) is 0 Å². The molecule has 0 atom stereocenters. The summed E-state index contributed by atoms with van der Waals surface area (Å²) in [5, 5.41) is 9.04. The van der Waals surface area contributed by atoms with Crippen molar-refractivity contribution in [1.82, 2.24) is 0 Å². The van der Waals surface area contributed by atoms with E-state index in [1.165, 1.54) is 69.8 Å². The number of carbonyl (C=O) groups excluding carboxylic acids is 2. The van der Waals surface area contributed by atoms with Crippen molar-refractivity contribution in [3.05, 3.63) is 42.0 Å². The zero-order chi connectivity index (χ0) is 27.6. The minimum atomic E-state index is -0.499. The molecule has 0 bridgehead atoms. The van der Waals surface area contributed by atoms with Gasteiger partial charge in [-0.3, -0.25) is 4.79 Å². The summed E-state index contributed by atoms with van der Waals surface area (Å²) in [4.78, 5) is 24.8. The Morgan fingerprint density at radius 3 is 2.05 bits per heavy atom. The van der Waals surface area contributed by atoms with Crippen molar-refractivity contribution >= 4 is 11.9 Å². The molecule has 0 amide bonds. The van der Waals surface area contributed by atoms with Gasteiger partial charge >= 0.3 is 11.9 Å². The highest BCUT2D eigenvalue weighted by Crippen LogP contribution is 2.43. The molecule has 0 aromatic heterocycles. The number of hydrogen-bond donors (Lipinski definition) is 1. The van der Waals surface area contributed by atoms with E-state index in [0.29, 0.717) is 11.7 Å². The fraction of sp³-hybridized carbons (Fsp3) is 0.706. The van der Waals surface area contributed by atoms with Gasteiger partial charge in [0.15, 0.2) is 0 Å². The molecule has 3 saturated carbocycles. The number of rotatable bonds is 11. The first kappa shape index (κ1) is 29.8. The Balaban J connectivity index is 1.15. The van der Waals surface area contributed by atoms with E-state index in [9.17, 15) is 9.59 Å². The van der Waals surface area contributed by atoms with Crippen LogP contribution in [-0.4, -0.2) is 29.8 Å². The molecule has 39 heavy (non-hydrogen) atoms. The Morgan fingerprint density at radius 2 is 1.46 bits per heavy atom. The third-order valence-electron chi connectivity index (χ3n) is 9.88. The molecule has 3 aliphatic carbocycles. The second-order valence-electron chi connectivity index (χ2n) is 12.5. The van der Waals surface area contributed by atoms with Crippen LogP contribution in [0.4, 0.5) is 0 Å². The normalized spacial score (nSPS) is 29.4. The summed E-state index contributed by atoms with van der Waals surface area (Å²) in [6, 6.07) is 8.00. The number of ether oxygens (including phenoxy) is 2. The number of esters is 2. The number of unbranched alkanes of at least 4 members (excludes halogenated alkanes) is 2. The highest BCUT2D eigenvalue weighted by Gasteiger charge is 2.33. The van der Waals surface area contributed by atoms with Crippen molar-refractivity contribution < 1.29 is 24.2 Å². The smallest absolute Gasteiger partial charge is 0.336 e. The van der Waals surface area contributed by atoms with Crippen molar-refractivity contribution in [2.45, 2.75) is 122 Å². The molecule has 0 spiro atoms. The van der Waals surface area contributed by atoms with Gasteiger partial charge in [-0.1, -0.05) is 64.2 Å². The zero-order valence-electron chi connectivity index (χ0n) is 24.1. The molecule has 216 valence electrons. The summed E-state index contributed by atoms with van der Waals surface area (Å²) < 4.78 is 11.3. The van der Waals surface area contributed by atoms with Crippen LogP contribution in [0.5, 0.6) is 5.75 Å². The van der Waals surface area contributed by atoms with Gasteiger partial charge in [-0.05, 0) is 106 Å². The molecule has 1 aromatic rings. The third-order valence-corrected chi connectivity index (χ3v) is 9.88. The quantitative estimate of drug-likeness (QED) is 0.134. The fourth-order valence-corrected chi connectivity index (χ4v) is 7.28. The molecule has 0 heterocycles. The van der Waals surface area contributed by atoms with Gasteiger partial charge in [-0.25, -0.2) is 4.79 Å². The summed E-state index contributed by atoms with van der Waals surface area (Å²) >= 11 is 0. The highest BCUT2D eigenvalue weighted by atomic mass is 16.5. The molecule has 1 aromatic carbocycles. The van der Waals surface area contributed by atoms with Crippen LogP contribution in [0, 0.1) is 23.7 Å². The van der Waals surface area contributed by atoms with Crippen LogP contribution in [0.25, 0.3) is 0 Å². The lowest BCUT2D eigenvalue weighted by Gasteiger charge is -2.37.